The molecule has 3 heteroatoms. The molecule has 0 spiro atoms. The summed E-state index contributed by atoms with van der Waals surface area (Å²) < 4.78 is 1.72. The van der Waals surface area contributed by atoms with Crippen LogP contribution in [0.3, 0.4) is 0 Å². The molecule has 0 aliphatic rings. The predicted molar refractivity (Wildman–Crippen MR) is 68.3 cm³/mol. The molecule has 0 amide bonds. The SMILES string of the molecule is Cc1nc(C)n(Cc2ccccc2)c(=O)c1C. The van der Waals surface area contributed by atoms with Crippen molar-refractivity contribution in [3.63, 3.8) is 0 Å². The van der Waals surface area contributed by atoms with Crippen molar-refractivity contribution in [2.45, 2.75) is 27.3 Å². The van der Waals surface area contributed by atoms with Crippen molar-refractivity contribution in [1.29, 1.82) is 0 Å². The van der Waals surface area contributed by atoms with Crippen LogP contribution < -0.4 is 5.56 Å². The van der Waals surface area contributed by atoms with E-state index in [-0.39, 0.29) is 5.56 Å². The molecule has 0 aliphatic carbocycles. The van der Waals surface area contributed by atoms with Crippen LogP contribution in [0.2, 0.25) is 0 Å². The molecule has 0 saturated heterocycles. The fraction of sp³-hybridized carbons (Fsp3) is 0.286. The van der Waals surface area contributed by atoms with E-state index in [0.29, 0.717) is 6.54 Å². The zero-order valence-electron chi connectivity index (χ0n) is 10.4. The molecule has 0 radical (unpaired) electrons. The van der Waals surface area contributed by atoms with Gasteiger partial charge in [-0.1, -0.05) is 30.3 Å². The van der Waals surface area contributed by atoms with Crippen LogP contribution in [0.25, 0.3) is 0 Å². The Morgan fingerprint density at radius 3 is 2.41 bits per heavy atom. The third-order valence-electron chi connectivity index (χ3n) is 3.01. The maximum atomic E-state index is 12.1. The number of aryl methyl sites for hydroxylation is 2. The lowest BCUT2D eigenvalue weighted by Gasteiger charge is -2.11. The highest BCUT2D eigenvalue weighted by atomic mass is 16.1. The Kier molecular flexibility index (Phi) is 3.09. The Morgan fingerprint density at radius 1 is 1.12 bits per heavy atom. The Morgan fingerprint density at radius 2 is 1.76 bits per heavy atom. The van der Waals surface area contributed by atoms with E-state index in [4.69, 9.17) is 0 Å². The first-order chi connectivity index (χ1) is 8.09. The van der Waals surface area contributed by atoms with Crippen LogP contribution in [0.15, 0.2) is 35.1 Å². The summed E-state index contributed by atoms with van der Waals surface area (Å²) in [5.74, 6) is 0.766. The highest BCUT2D eigenvalue weighted by Crippen LogP contribution is 2.04. The average Bonchev–Trinajstić information content (AvgIpc) is 2.33. The van der Waals surface area contributed by atoms with Gasteiger partial charge >= 0.3 is 0 Å². The standard InChI is InChI=1S/C14H16N2O/c1-10-11(2)15-12(3)16(14(10)17)9-13-7-5-4-6-8-13/h4-8H,9H2,1-3H3. The molecule has 17 heavy (non-hydrogen) atoms. The first-order valence-electron chi connectivity index (χ1n) is 5.68. The molecular weight excluding hydrogens is 212 g/mol. The number of hydrogen-bond donors (Lipinski definition) is 0. The van der Waals surface area contributed by atoms with Crippen molar-refractivity contribution < 1.29 is 0 Å². The molecule has 1 heterocycles. The summed E-state index contributed by atoms with van der Waals surface area (Å²) in [7, 11) is 0. The summed E-state index contributed by atoms with van der Waals surface area (Å²) in [6.07, 6.45) is 0. The van der Waals surface area contributed by atoms with Gasteiger partial charge in [0.05, 0.1) is 6.54 Å². The molecule has 0 saturated carbocycles. The number of hydrogen-bond acceptors (Lipinski definition) is 2. The highest BCUT2D eigenvalue weighted by molar-refractivity contribution is 5.19. The predicted octanol–water partition coefficient (Wildman–Crippen LogP) is 2.22. The van der Waals surface area contributed by atoms with E-state index in [0.717, 1.165) is 22.6 Å². The van der Waals surface area contributed by atoms with Crippen LogP contribution in [0.1, 0.15) is 22.6 Å². The van der Waals surface area contributed by atoms with E-state index < -0.39 is 0 Å². The molecule has 0 N–H and O–H groups in total. The summed E-state index contributed by atoms with van der Waals surface area (Å²) >= 11 is 0. The van der Waals surface area contributed by atoms with Gasteiger partial charge in [-0.05, 0) is 26.3 Å². The minimum Gasteiger partial charge on any atom is -0.292 e. The molecule has 2 aromatic rings. The third kappa shape index (κ3) is 2.28. The second-order valence-electron chi connectivity index (χ2n) is 4.25. The fourth-order valence-electron chi connectivity index (χ4n) is 1.84. The molecule has 0 bridgehead atoms. The quantitative estimate of drug-likeness (QED) is 0.790. The van der Waals surface area contributed by atoms with Gasteiger partial charge in [-0.3, -0.25) is 9.36 Å². The second kappa shape index (κ2) is 4.53. The van der Waals surface area contributed by atoms with Gasteiger partial charge in [0.25, 0.3) is 5.56 Å². The maximum absolute atomic E-state index is 12.1. The first-order valence-corrected chi connectivity index (χ1v) is 5.68. The fourth-order valence-corrected chi connectivity index (χ4v) is 1.84. The van der Waals surface area contributed by atoms with Crippen molar-refractivity contribution in [2.24, 2.45) is 0 Å². The second-order valence-corrected chi connectivity index (χ2v) is 4.25. The maximum Gasteiger partial charge on any atom is 0.256 e. The van der Waals surface area contributed by atoms with E-state index in [1.807, 2.05) is 51.1 Å². The average molecular weight is 228 g/mol. The molecule has 0 fully saturated rings. The van der Waals surface area contributed by atoms with Gasteiger partial charge in [-0.15, -0.1) is 0 Å². The summed E-state index contributed by atoms with van der Waals surface area (Å²) in [4.78, 5) is 16.5. The molecule has 3 nitrogen and oxygen atoms in total. The van der Waals surface area contributed by atoms with Crippen molar-refractivity contribution in [3.8, 4) is 0 Å². The lowest BCUT2D eigenvalue weighted by Crippen LogP contribution is -2.27. The lowest BCUT2D eigenvalue weighted by molar-refractivity contribution is 0.686. The lowest BCUT2D eigenvalue weighted by atomic mass is 10.2. The first kappa shape index (κ1) is 11.6. The van der Waals surface area contributed by atoms with E-state index in [2.05, 4.69) is 4.98 Å². The zero-order chi connectivity index (χ0) is 12.4. The number of nitrogens with zero attached hydrogens (tertiary/aromatic N) is 2. The zero-order valence-corrected chi connectivity index (χ0v) is 10.4. The van der Waals surface area contributed by atoms with Gasteiger partial charge in [0.2, 0.25) is 0 Å². The Balaban J connectivity index is 2.47. The van der Waals surface area contributed by atoms with Crippen LogP contribution in [-0.4, -0.2) is 9.55 Å². The van der Waals surface area contributed by atoms with E-state index in [9.17, 15) is 4.79 Å². The summed E-state index contributed by atoms with van der Waals surface area (Å²) in [5, 5.41) is 0. The highest BCUT2D eigenvalue weighted by Gasteiger charge is 2.08. The minimum absolute atomic E-state index is 0.0545. The molecule has 1 aromatic heterocycles. The Labute approximate surface area is 101 Å². The number of aromatic nitrogens is 2. The van der Waals surface area contributed by atoms with Crippen molar-refractivity contribution in [2.75, 3.05) is 0 Å². The van der Waals surface area contributed by atoms with E-state index in [1.54, 1.807) is 4.57 Å². The van der Waals surface area contributed by atoms with Crippen LogP contribution >= 0.6 is 0 Å². The molecule has 0 unspecified atom stereocenters. The van der Waals surface area contributed by atoms with Gasteiger partial charge in [0.15, 0.2) is 0 Å². The largest absolute Gasteiger partial charge is 0.292 e. The van der Waals surface area contributed by atoms with Crippen LogP contribution in [0.4, 0.5) is 0 Å². The van der Waals surface area contributed by atoms with Crippen molar-refractivity contribution in [3.05, 3.63) is 63.3 Å². The van der Waals surface area contributed by atoms with Gasteiger partial charge in [-0.25, -0.2) is 4.98 Å². The third-order valence-corrected chi connectivity index (χ3v) is 3.01. The van der Waals surface area contributed by atoms with Crippen molar-refractivity contribution in [1.82, 2.24) is 9.55 Å². The molecule has 1 aromatic carbocycles. The van der Waals surface area contributed by atoms with Gasteiger partial charge < -0.3 is 0 Å². The van der Waals surface area contributed by atoms with Gasteiger partial charge in [0.1, 0.15) is 5.82 Å². The summed E-state index contributed by atoms with van der Waals surface area (Å²) in [6.45, 7) is 6.15. The molecule has 0 atom stereocenters. The monoisotopic (exact) mass is 228 g/mol. The van der Waals surface area contributed by atoms with Crippen molar-refractivity contribution >= 4 is 0 Å². The molecule has 88 valence electrons. The van der Waals surface area contributed by atoms with Crippen LogP contribution in [0, 0.1) is 20.8 Å². The number of rotatable bonds is 2. The van der Waals surface area contributed by atoms with Crippen LogP contribution in [0.5, 0.6) is 0 Å². The topological polar surface area (TPSA) is 34.9 Å². The molecule has 2 rings (SSSR count). The summed E-state index contributed by atoms with van der Waals surface area (Å²) in [5.41, 5.74) is 2.71. The van der Waals surface area contributed by atoms with Gasteiger partial charge in [-0.2, -0.15) is 0 Å². The molecular formula is C14H16N2O. The number of benzene rings is 1. The normalized spacial score (nSPS) is 10.5. The van der Waals surface area contributed by atoms with E-state index in [1.165, 1.54) is 0 Å². The van der Waals surface area contributed by atoms with Crippen LogP contribution in [-0.2, 0) is 6.54 Å². The van der Waals surface area contributed by atoms with Gasteiger partial charge in [0, 0.05) is 11.3 Å². The Bertz CT molecular complexity index is 585. The smallest absolute Gasteiger partial charge is 0.256 e. The Hall–Kier alpha value is -1.90. The summed E-state index contributed by atoms with van der Waals surface area (Å²) in [6, 6.07) is 9.95. The van der Waals surface area contributed by atoms with E-state index >= 15 is 0 Å². The minimum atomic E-state index is 0.0545. The molecule has 0 aliphatic heterocycles.